The highest BCUT2D eigenvalue weighted by Gasteiger charge is 2.26. The third kappa shape index (κ3) is 5.02. The van der Waals surface area contributed by atoms with Crippen molar-refractivity contribution in [2.24, 2.45) is 5.92 Å². The Bertz CT molecular complexity index is 1160. The third-order valence-electron chi connectivity index (χ3n) is 6.01. The number of fused-ring (bicyclic) bond motifs is 1. The van der Waals surface area contributed by atoms with E-state index in [1.165, 1.54) is 0 Å². The van der Waals surface area contributed by atoms with Gasteiger partial charge >= 0.3 is 0 Å². The maximum atomic E-state index is 13.9. The molecule has 1 aromatic heterocycles. The van der Waals surface area contributed by atoms with Gasteiger partial charge in [-0.15, -0.1) is 0 Å². The van der Waals surface area contributed by atoms with Crippen molar-refractivity contribution < 1.29 is 18.0 Å². The van der Waals surface area contributed by atoms with E-state index in [4.69, 9.17) is 0 Å². The molecule has 3 aromatic rings. The molecule has 4 rings (SSSR count). The Hall–Kier alpha value is -3.36. The fourth-order valence-corrected chi connectivity index (χ4v) is 4.22. The summed E-state index contributed by atoms with van der Waals surface area (Å²) in [6.07, 6.45) is 2.97. The van der Waals surface area contributed by atoms with Gasteiger partial charge in [-0.25, -0.2) is 18.2 Å². The molecule has 2 N–H and O–H groups in total. The quantitative estimate of drug-likeness (QED) is 0.533. The summed E-state index contributed by atoms with van der Waals surface area (Å²) in [5.41, 5.74) is -0.00845. The number of halogens is 3. The van der Waals surface area contributed by atoms with Crippen molar-refractivity contribution in [1.29, 1.82) is 0 Å². The monoisotopic (exact) mass is 457 g/mol. The van der Waals surface area contributed by atoms with E-state index in [2.05, 4.69) is 20.6 Å². The number of nitrogens with zero attached hydrogens (tertiary/aromatic N) is 3. The summed E-state index contributed by atoms with van der Waals surface area (Å²) in [4.78, 5) is 23.5. The highest BCUT2D eigenvalue weighted by Crippen LogP contribution is 2.27. The summed E-state index contributed by atoms with van der Waals surface area (Å²) in [7, 11) is 3.88. The van der Waals surface area contributed by atoms with Crippen LogP contribution in [-0.4, -0.2) is 42.6 Å². The van der Waals surface area contributed by atoms with Crippen molar-refractivity contribution in [3.8, 4) is 0 Å². The number of aromatic nitrogens is 2. The fraction of sp³-hybridized carbons (Fsp3) is 0.375. The summed E-state index contributed by atoms with van der Waals surface area (Å²) in [6.45, 7) is 0.680. The first-order valence-electron chi connectivity index (χ1n) is 11.0. The van der Waals surface area contributed by atoms with Gasteiger partial charge < -0.3 is 15.5 Å². The maximum absolute atomic E-state index is 13.9. The Labute approximate surface area is 190 Å². The molecule has 0 aliphatic heterocycles. The first kappa shape index (κ1) is 22.8. The molecule has 0 unspecified atom stereocenters. The minimum atomic E-state index is -1.46. The van der Waals surface area contributed by atoms with E-state index in [-0.39, 0.29) is 6.04 Å². The van der Waals surface area contributed by atoms with Crippen LogP contribution in [0.25, 0.3) is 10.9 Å². The van der Waals surface area contributed by atoms with Gasteiger partial charge in [0.15, 0.2) is 11.6 Å². The van der Waals surface area contributed by atoms with Gasteiger partial charge in [0.1, 0.15) is 17.2 Å². The van der Waals surface area contributed by atoms with Crippen molar-refractivity contribution in [2.75, 3.05) is 30.9 Å². The number of carbonyl (C=O) groups is 1. The van der Waals surface area contributed by atoms with Crippen molar-refractivity contribution in [3.05, 3.63) is 59.4 Å². The molecule has 33 heavy (non-hydrogen) atoms. The Balaban J connectivity index is 1.33. The number of benzene rings is 2. The average molecular weight is 458 g/mol. The van der Waals surface area contributed by atoms with Gasteiger partial charge in [-0.3, -0.25) is 4.79 Å². The van der Waals surface area contributed by atoms with E-state index in [0.29, 0.717) is 37.3 Å². The van der Waals surface area contributed by atoms with Gasteiger partial charge in [-0.05, 0) is 55.9 Å². The molecule has 6 nitrogen and oxygen atoms in total. The standard InChI is InChI=1S/C24H26F3N5O/c1-32(2)22-16-5-3-4-6-19(16)30-24(31-22)28-13-14-7-9-15(10-8-14)29-23(33)20-17(25)11-12-18(26)21(20)27/h3-6,11-12,14-15H,7-10,13H2,1-2H3,(H,29,33)(H,28,30,31). The van der Waals surface area contributed by atoms with Crippen LogP contribution in [0.4, 0.5) is 24.9 Å². The van der Waals surface area contributed by atoms with E-state index >= 15 is 0 Å². The normalized spacial score (nSPS) is 18.2. The summed E-state index contributed by atoms with van der Waals surface area (Å²) >= 11 is 0. The van der Waals surface area contributed by atoms with Crippen LogP contribution in [0.1, 0.15) is 36.0 Å². The minimum absolute atomic E-state index is 0.215. The molecule has 0 bridgehead atoms. The van der Waals surface area contributed by atoms with Crippen molar-refractivity contribution >= 4 is 28.6 Å². The summed E-state index contributed by atoms with van der Waals surface area (Å²) in [5.74, 6) is -2.96. The van der Waals surface area contributed by atoms with E-state index in [0.717, 1.165) is 35.6 Å². The smallest absolute Gasteiger partial charge is 0.257 e. The summed E-state index contributed by atoms with van der Waals surface area (Å²) in [5, 5.41) is 6.95. The molecule has 0 spiro atoms. The number of nitrogens with one attached hydrogen (secondary N) is 2. The summed E-state index contributed by atoms with van der Waals surface area (Å²) < 4.78 is 41.1. The molecule has 174 valence electrons. The Morgan fingerprint density at radius 2 is 1.70 bits per heavy atom. The average Bonchev–Trinajstić information content (AvgIpc) is 2.80. The number of carbonyl (C=O) groups excluding carboxylic acids is 1. The Kier molecular flexibility index (Phi) is 6.67. The van der Waals surface area contributed by atoms with Crippen LogP contribution in [-0.2, 0) is 0 Å². The predicted molar refractivity (Wildman–Crippen MR) is 122 cm³/mol. The first-order chi connectivity index (χ1) is 15.8. The van der Waals surface area contributed by atoms with E-state index in [1.807, 2.05) is 43.3 Å². The van der Waals surface area contributed by atoms with Crippen molar-refractivity contribution in [2.45, 2.75) is 31.7 Å². The molecule has 1 fully saturated rings. The molecule has 1 aliphatic rings. The van der Waals surface area contributed by atoms with Gasteiger partial charge in [0.2, 0.25) is 5.95 Å². The van der Waals surface area contributed by atoms with E-state index < -0.39 is 28.9 Å². The van der Waals surface area contributed by atoms with Crippen molar-refractivity contribution in [1.82, 2.24) is 15.3 Å². The molecule has 9 heteroatoms. The zero-order valence-corrected chi connectivity index (χ0v) is 18.5. The SMILES string of the molecule is CN(C)c1nc(NCC2CCC(NC(=O)c3c(F)ccc(F)c3F)CC2)nc2ccccc12. The van der Waals surface area contributed by atoms with Crippen LogP contribution in [0.3, 0.4) is 0 Å². The molecule has 2 aromatic carbocycles. The number of hydrogen-bond donors (Lipinski definition) is 2. The largest absolute Gasteiger partial charge is 0.362 e. The molecule has 0 atom stereocenters. The van der Waals surface area contributed by atoms with E-state index in [1.54, 1.807) is 0 Å². The Morgan fingerprint density at radius 1 is 1.00 bits per heavy atom. The number of para-hydroxylation sites is 1. The van der Waals surface area contributed by atoms with Crippen LogP contribution in [0.2, 0.25) is 0 Å². The second-order valence-electron chi connectivity index (χ2n) is 8.57. The fourth-order valence-electron chi connectivity index (χ4n) is 4.22. The topological polar surface area (TPSA) is 70.2 Å². The second-order valence-corrected chi connectivity index (χ2v) is 8.57. The lowest BCUT2D eigenvalue weighted by Crippen LogP contribution is -2.39. The van der Waals surface area contributed by atoms with Gasteiger partial charge in [0, 0.05) is 32.1 Å². The third-order valence-corrected chi connectivity index (χ3v) is 6.01. The number of rotatable bonds is 6. The van der Waals surface area contributed by atoms with E-state index in [9.17, 15) is 18.0 Å². The van der Waals surface area contributed by atoms with Gasteiger partial charge in [-0.1, -0.05) is 12.1 Å². The predicted octanol–water partition coefficient (Wildman–Crippen LogP) is 4.51. The molecule has 1 aliphatic carbocycles. The highest BCUT2D eigenvalue weighted by atomic mass is 19.2. The highest BCUT2D eigenvalue weighted by molar-refractivity contribution is 5.95. The van der Waals surface area contributed by atoms with Gasteiger partial charge in [0.25, 0.3) is 5.91 Å². The molecule has 0 radical (unpaired) electrons. The van der Waals surface area contributed by atoms with Crippen LogP contribution >= 0.6 is 0 Å². The molecule has 1 saturated carbocycles. The van der Waals surface area contributed by atoms with Crippen LogP contribution < -0.4 is 15.5 Å². The second kappa shape index (κ2) is 9.64. The van der Waals surface area contributed by atoms with Crippen LogP contribution in [0.5, 0.6) is 0 Å². The minimum Gasteiger partial charge on any atom is -0.362 e. The molecular weight excluding hydrogens is 431 g/mol. The molecule has 1 heterocycles. The van der Waals surface area contributed by atoms with Crippen molar-refractivity contribution in [3.63, 3.8) is 0 Å². The maximum Gasteiger partial charge on any atom is 0.257 e. The number of amides is 1. The lowest BCUT2D eigenvalue weighted by atomic mass is 9.86. The first-order valence-corrected chi connectivity index (χ1v) is 11.0. The molecule has 1 amide bonds. The van der Waals surface area contributed by atoms with Crippen LogP contribution in [0, 0.1) is 23.4 Å². The number of anilines is 2. The summed E-state index contributed by atoms with van der Waals surface area (Å²) in [6, 6.07) is 9.05. The number of hydrogen-bond acceptors (Lipinski definition) is 5. The zero-order valence-electron chi connectivity index (χ0n) is 18.5. The lowest BCUT2D eigenvalue weighted by molar-refractivity contribution is 0.0913. The molecule has 0 saturated heterocycles. The molecular formula is C24H26F3N5O. The Morgan fingerprint density at radius 3 is 2.42 bits per heavy atom. The lowest BCUT2D eigenvalue weighted by Gasteiger charge is -2.29. The van der Waals surface area contributed by atoms with Gasteiger partial charge in [0.05, 0.1) is 5.52 Å². The zero-order chi connectivity index (χ0) is 23.5. The van der Waals surface area contributed by atoms with Crippen LogP contribution in [0.15, 0.2) is 36.4 Å². The van der Waals surface area contributed by atoms with Gasteiger partial charge in [-0.2, -0.15) is 4.98 Å².